The second-order valence-corrected chi connectivity index (χ2v) is 7.69. The lowest BCUT2D eigenvalue weighted by atomic mass is 9.94. The number of aromatic amines is 1. The topological polar surface area (TPSA) is 102 Å². The molecule has 0 radical (unpaired) electrons. The first kappa shape index (κ1) is 17.6. The molecule has 2 aliphatic rings. The van der Waals surface area contributed by atoms with Crippen molar-refractivity contribution in [2.24, 2.45) is 5.92 Å². The van der Waals surface area contributed by atoms with Crippen LogP contribution in [0.3, 0.4) is 0 Å². The van der Waals surface area contributed by atoms with Crippen LogP contribution in [0.15, 0.2) is 36.7 Å². The number of hydrogen-bond donors (Lipinski definition) is 1. The fraction of sp³-hybridized carbons (Fsp3) is 0.381. The largest absolute Gasteiger partial charge is 0.354 e. The minimum atomic E-state index is -0.0922. The van der Waals surface area contributed by atoms with Gasteiger partial charge in [0.25, 0.3) is 5.91 Å². The van der Waals surface area contributed by atoms with Crippen LogP contribution in [-0.2, 0) is 0 Å². The number of amides is 1. The van der Waals surface area contributed by atoms with Gasteiger partial charge in [0.1, 0.15) is 0 Å². The van der Waals surface area contributed by atoms with Crippen LogP contribution in [0.4, 0.5) is 5.82 Å². The van der Waals surface area contributed by atoms with E-state index in [-0.39, 0.29) is 17.7 Å². The van der Waals surface area contributed by atoms with E-state index in [4.69, 9.17) is 0 Å². The monoisotopic (exact) mass is 387 g/mol. The highest BCUT2D eigenvalue weighted by Crippen LogP contribution is 2.33. The number of nitrogens with zero attached hydrogens (tertiary/aromatic N) is 6. The second kappa shape index (κ2) is 7.17. The van der Waals surface area contributed by atoms with Crippen molar-refractivity contribution in [2.45, 2.75) is 18.8 Å². The summed E-state index contributed by atoms with van der Waals surface area (Å²) in [5.41, 5.74) is 2.57. The van der Waals surface area contributed by atoms with Crippen LogP contribution in [0, 0.1) is 17.2 Å². The summed E-state index contributed by atoms with van der Waals surface area (Å²) in [5.74, 6) is 1.32. The summed E-state index contributed by atoms with van der Waals surface area (Å²) in [6.07, 6.45) is 5.32. The third kappa shape index (κ3) is 3.18. The average molecular weight is 387 g/mol. The number of hydrogen-bond acceptors (Lipinski definition) is 6. The van der Waals surface area contributed by atoms with E-state index in [2.05, 4.69) is 30.9 Å². The minimum Gasteiger partial charge on any atom is -0.354 e. The van der Waals surface area contributed by atoms with Crippen molar-refractivity contribution in [2.75, 3.05) is 31.1 Å². The summed E-state index contributed by atoms with van der Waals surface area (Å²) in [6, 6.07) is 10.0. The number of H-pyrrole nitrogens is 1. The molecule has 1 aromatic carbocycles. The highest BCUT2D eigenvalue weighted by atomic mass is 16.2. The Kier molecular flexibility index (Phi) is 4.35. The van der Waals surface area contributed by atoms with Crippen LogP contribution in [0.2, 0.25) is 0 Å². The number of fused-ring (bicyclic) bond motifs is 1. The zero-order valence-corrected chi connectivity index (χ0v) is 16.0. The van der Waals surface area contributed by atoms with E-state index in [1.165, 1.54) is 0 Å². The molecule has 2 fully saturated rings. The molecule has 1 atom stereocenters. The zero-order valence-electron chi connectivity index (χ0n) is 16.0. The fourth-order valence-corrected chi connectivity index (χ4v) is 4.17. The number of anilines is 1. The van der Waals surface area contributed by atoms with Crippen molar-refractivity contribution in [1.82, 2.24) is 24.8 Å². The molecule has 8 heteroatoms. The van der Waals surface area contributed by atoms with E-state index in [0.29, 0.717) is 25.5 Å². The molecular formula is C21H21N7O. The van der Waals surface area contributed by atoms with Gasteiger partial charge in [-0.1, -0.05) is 12.1 Å². The Morgan fingerprint density at radius 1 is 1.17 bits per heavy atom. The molecule has 0 bridgehead atoms. The maximum absolute atomic E-state index is 12.8. The van der Waals surface area contributed by atoms with Crippen LogP contribution >= 0.6 is 0 Å². The predicted molar refractivity (Wildman–Crippen MR) is 107 cm³/mol. The van der Waals surface area contributed by atoms with Gasteiger partial charge in [-0.25, -0.2) is 9.97 Å². The maximum Gasteiger partial charge on any atom is 0.289 e. The molecule has 1 amide bonds. The Labute approximate surface area is 168 Å². The number of rotatable bonds is 3. The standard InChI is InChI=1S/C21H21N7O/c22-10-14-4-3-9-27(11-14)20-18(23-7-8-24-20)15-12-28(13-15)21(29)19-25-16-5-1-2-6-17(16)26-19/h1-2,5-8,14-15H,3-4,9,11-13H2,(H,25,26)/t14-/m1/s1. The van der Waals surface area contributed by atoms with Crippen LogP contribution in [0.25, 0.3) is 11.0 Å². The van der Waals surface area contributed by atoms with Gasteiger partial charge in [-0.15, -0.1) is 0 Å². The third-order valence-corrected chi connectivity index (χ3v) is 5.76. The molecule has 2 aliphatic heterocycles. The van der Waals surface area contributed by atoms with Crippen molar-refractivity contribution >= 4 is 22.8 Å². The van der Waals surface area contributed by atoms with Gasteiger partial charge in [-0.2, -0.15) is 5.26 Å². The summed E-state index contributed by atoms with van der Waals surface area (Å²) in [7, 11) is 0. The fourth-order valence-electron chi connectivity index (χ4n) is 4.17. The smallest absolute Gasteiger partial charge is 0.289 e. The van der Waals surface area contributed by atoms with Crippen molar-refractivity contribution < 1.29 is 4.79 Å². The molecular weight excluding hydrogens is 366 g/mol. The van der Waals surface area contributed by atoms with Gasteiger partial charge < -0.3 is 14.8 Å². The molecule has 29 heavy (non-hydrogen) atoms. The number of benzene rings is 1. The van der Waals surface area contributed by atoms with Gasteiger partial charge in [0.15, 0.2) is 11.6 Å². The Balaban J connectivity index is 1.31. The third-order valence-electron chi connectivity index (χ3n) is 5.76. The number of nitrogens with one attached hydrogen (secondary N) is 1. The van der Waals surface area contributed by atoms with Gasteiger partial charge in [-0.05, 0) is 25.0 Å². The molecule has 5 rings (SSSR count). The minimum absolute atomic E-state index is 0.0335. The molecule has 0 unspecified atom stereocenters. The molecule has 2 saturated heterocycles. The summed E-state index contributed by atoms with van der Waals surface area (Å²) in [6.45, 7) is 2.77. The number of aromatic nitrogens is 4. The van der Waals surface area contributed by atoms with Gasteiger partial charge in [-0.3, -0.25) is 9.78 Å². The van der Waals surface area contributed by atoms with E-state index in [9.17, 15) is 10.1 Å². The molecule has 8 nitrogen and oxygen atoms in total. The second-order valence-electron chi connectivity index (χ2n) is 7.69. The summed E-state index contributed by atoms with van der Waals surface area (Å²) < 4.78 is 0. The molecule has 146 valence electrons. The lowest BCUT2D eigenvalue weighted by molar-refractivity contribution is 0.0587. The van der Waals surface area contributed by atoms with Crippen LogP contribution in [-0.4, -0.2) is 56.9 Å². The Morgan fingerprint density at radius 2 is 2.00 bits per heavy atom. The molecule has 2 aromatic heterocycles. The van der Waals surface area contributed by atoms with Crippen molar-refractivity contribution in [1.29, 1.82) is 5.26 Å². The molecule has 4 heterocycles. The van der Waals surface area contributed by atoms with Crippen molar-refractivity contribution in [3.63, 3.8) is 0 Å². The zero-order chi connectivity index (χ0) is 19.8. The van der Waals surface area contributed by atoms with Gasteiger partial charge >= 0.3 is 0 Å². The number of carbonyl (C=O) groups is 1. The van der Waals surface area contributed by atoms with E-state index in [1.807, 2.05) is 24.3 Å². The highest BCUT2D eigenvalue weighted by Gasteiger charge is 2.37. The lowest BCUT2D eigenvalue weighted by Crippen LogP contribution is -2.49. The summed E-state index contributed by atoms with van der Waals surface area (Å²) in [5, 5.41) is 9.28. The predicted octanol–water partition coefficient (Wildman–Crippen LogP) is 2.33. The quantitative estimate of drug-likeness (QED) is 0.740. The molecule has 0 spiro atoms. The first-order valence-corrected chi connectivity index (χ1v) is 9.92. The number of likely N-dealkylation sites (tertiary alicyclic amines) is 1. The summed E-state index contributed by atoms with van der Waals surface area (Å²) in [4.78, 5) is 33.4. The van der Waals surface area contributed by atoms with Crippen molar-refractivity contribution in [3.8, 4) is 6.07 Å². The Morgan fingerprint density at radius 3 is 2.83 bits per heavy atom. The SMILES string of the molecule is N#C[C@H]1CCCN(c2nccnc2C2CN(C(=O)c3nc4ccccc4[nH]3)C2)C1. The first-order chi connectivity index (χ1) is 14.2. The van der Waals surface area contributed by atoms with Crippen LogP contribution < -0.4 is 4.90 Å². The first-order valence-electron chi connectivity index (χ1n) is 9.92. The van der Waals surface area contributed by atoms with E-state index in [1.54, 1.807) is 17.3 Å². The Bertz CT molecular complexity index is 1060. The number of imidazole rings is 1. The molecule has 0 aliphatic carbocycles. The van der Waals surface area contributed by atoms with E-state index < -0.39 is 0 Å². The van der Waals surface area contributed by atoms with Crippen LogP contribution in [0.5, 0.6) is 0 Å². The number of piperidine rings is 1. The Hall–Kier alpha value is -3.47. The normalized spacial score (nSPS) is 19.8. The average Bonchev–Trinajstić information content (AvgIpc) is 3.17. The lowest BCUT2D eigenvalue weighted by Gasteiger charge is -2.40. The number of para-hydroxylation sites is 2. The number of carbonyl (C=O) groups excluding carboxylic acids is 1. The van der Waals surface area contributed by atoms with Gasteiger partial charge in [0.2, 0.25) is 0 Å². The van der Waals surface area contributed by atoms with E-state index >= 15 is 0 Å². The molecule has 1 N–H and O–H groups in total. The maximum atomic E-state index is 12.8. The van der Waals surface area contributed by atoms with Crippen molar-refractivity contribution in [3.05, 3.63) is 48.2 Å². The van der Waals surface area contributed by atoms with Gasteiger partial charge in [0, 0.05) is 44.5 Å². The molecule has 0 saturated carbocycles. The van der Waals surface area contributed by atoms with E-state index in [0.717, 1.165) is 41.9 Å². The van der Waals surface area contributed by atoms with Gasteiger partial charge in [0.05, 0.1) is 28.7 Å². The summed E-state index contributed by atoms with van der Waals surface area (Å²) >= 11 is 0. The molecule has 3 aromatic rings. The highest BCUT2D eigenvalue weighted by molar-refractivity contribution is 5.94. The van der Waals surface area contributed by atoms with Crippen LogP contribution in [0.1, 0.15) is 35.1 Å². The number of nitriles is 1.